The summed E-state index contributed by atoms with van der Waals surface area (Å²) in [5, 5.41) is 0. The number of nitrogens with zero attached hydrogens (tertiary/aromatic N) is 1. The number of anilines is 2. The summed E-state index contributed by atoms with van der Waals surface area (Å²) in [5.74, 6) is 0.421. The SMILES string of the molecule is CCOC(=O)c1cccc(N2CCCC(C)CC2)c1N. The third kappa shape index (κ3) is 3.24. The average molecular weight is 276 g/mol. The highest BCUT2D eigenvalue weighted by molar-refractivity contribution is 5.98. The molecular weight excluding hydrogens is 252 g/mol. The maximum absolute atomic E-state index is 11.9. The van der Waals surface area contributed by atoms with Gasteiger partial charge in [0.05, 0.1) is 23.5 Å². The van der Waals surface area contributed by atoms with Crippen LogP contribution in [-0.2, 0) is 4.74 Å². The Morgan fingerprint density at radius 1 is 1.40 bits per heavy atom. The Balaban J connectivity index is 2.23. The van der Waals surface area contributed by atoms with Gasteiger partial charge < -0.3 is 15.4 Å². The molecule has 1 aromatic carbocycles. The Kier molecular flexibility index (Phi) is 4.88. The highest BCUT2D eigenvalue weighted by atomic mass is 16.5. The average Bonchev–Trinajstić information content (AvgIpc) is 2.64. The van der Waals surface area contributed by atoms with Crippen LogP contribution in [0.2, 0.25) is 0 Å². The fraction of sp³-hybridized carbons (Fsp3) is 0.562. The standard InChI is InChI=1S/C16H24N2O2/c1-3-20-16(19)13-7-4-8-14(15(13)17)18-10-5-6-12(2)9-11-18/h4,7-8,12H,3,5-6,9-11,17H2,1-2H3. The van der Waals surface area contributed by atoms with Crippen LogP contribution in [-0.4, -0.2) is 25.7 Å². The third-order valence-corrected chi connectivity index (χ3v) is 3.94. The largest absolute Gasteiger partial charge is 0.462 e. The fourth-order valence-electron chi connectivity index (χ4n) is 2.72. The predicted octanol–water partition coefficient (Wildman–Crippen LogP) is 3.07. The highest BCUT2D eigenvalue weighted by Crippen LogP contribution is 2.30. The monoisotopic (exact) mass is 276 g/mol. The topological polar surface area (TPSA) is 55.6 Å². The number of nitrogens with two attached hydrogens (primary N) is 1. The second-order valence-corrected chi connectivity index (χ2v) is 5.48. The van der Waals surface area contributed by atoms with Crippen LogP contribution < -0.4 is 10.6 Å². The highest BCUT2D eigenvalue weighted by Gasteiger charge is 2.19. The maximum Gasteiger partial charge on any atom is 0.340 e. The summed E-state index contributed by atoms with van der Waals surface area (Å²) in [6.45, 7) is 6.46. The van der Waals surface area contributed by atoms with Crippen LogP contribution in [0.1, 0.15) is 43.5 Å². The van der Waals surface area contributed by atoms with Crippen molar-refractivity contribution in [2.45, 2.75) is 33.1 Å². The van der Waals surface area contributed by atoms with Gasteiger partial charge in [-0.25, -0.2) is 4.79 Å². The van der Waals surface area contributed by atoms with Gasteiger partial charge in [-0.15, -0.1) is 0 Å². The van der Waals surface area contributed by atoms with Gasteiger partial charge in [0.25, 0.3) is 0 Å². The van der Waals surface area contributed by atoms with Crippen molar-refractivity contribution in [1.82, 2.24) is 0 Å². The number of nitrogen functional groups attached to an aromatic ring is 1. The van der Waals surface area contributed by atoms with Gasteiger partial charge in [-0.3, -0.25) is 0 Å². The molecule has 20 heavy (non-hydrogen) atoms. The first-order valence-corrected chi connectivity index (χ1v) is 7.44. The minimum Gasteiger partial charge on any atom is -0.462 e. The van der Waals surface area contributed by atoms with E-state index in [1.54, 1.807) is 13.0 Å². The minimum absolute atomic E-state index is 0.338. The van der Waals surface area contributed by atoms with Crippen LogP contribution in [0, 0.1) is 5.92 Å². The van der Waals surface area contributed by atoms with Crippen molar-refractivity contribution < 1.29 is 9.53 Å². The van der Waals surface area contributed by atoms with Gasteiger partial charge in [-0.2, -0.15) is 0 Å². The zero-order chi connectivity index (χ0) is 14.5. The van der Waals surface area contributed by atoms with Gasteiger partial charge in [0.2, 0.25) is 0 Å². The Hall–Kier alpha value is -1.71. The number of carbonyl (C=O) groups is 1. The molecule has 0 spiro atoms. The molecule has 1 fully saturated rings. The Morgan fingerprint density at radius 3 is 2.95 bits per heavy atom. The van der Waals surface area contributed by atoms with Crippen molar-refractivity contribution >= 4 is 17.3 Å². The molecule has 1 saturated heterocycles. The van der Waals surface area contributed by atoms with Crippen molar-refractivity contribution in [2.75, 3.05) is 30.3 Å². The first-order valence-electron chi connectivity index (χ1n) is 7.44. The lowest BCUT2D eigenvalue weighted by Gasteiger charge is -2.25. The number of hydrogen-bond donors (Lipinski definition) is 1. The number of rotatable bonds is 3. The van der Waals surface area contributed by atoms with E-state index in [9.17, 15) is 4.79 Å². The number of carbonyl (C=O) groups excluding carboxylic acids is 1. The Bertz CT molecular complexity index is 474. The van der Waals surface area contributed by atoms with Crippen LogP contribution in [0.15, 0.2) is 18.2 Å². The lowest BCUT2D eigenvalue weighted by molar-refractivity contribution is 0.0527. The zero-order valence-electron chi connectivity index (χ0n) is 12.4. The smallest absolute Gasteiger partial charge is 0.340 e. The van der Waals surface area contributed by atoms with E-state index in [4.69, 9.17) is 10.5 Å². The van der Waals surface area contributed by atoms with Crippen molar-refractivity contribution in [1.29, 1.82) is 0 Å². The zero-order valence-corrected chi connectivity index (χ0v) is 12.4. The fourth-order valence-corrected chi connectivity index (χ4v) is 2.72. The van der Waals surface area contributed by atoms with Crippen molar-refractivity contribution in [3.8, 4) is 0 Å². The Morgan fingerprint density at radius 2 is 2.20 bits per heavy atom. The molecule has 4 nitrogen and oxygen atoms in total. The van der Waals surface area contributed by atoms with Gasteiger partial charge in [0.15, 0.2) is 0 Å². The number of hydrogen-bond acceptors (Lipinski definition) is 4. The van der Waals surface area contributed by atoms with E-state index in [2.05, 4.69) is 11.8 Å². The second kappa shape index (κ2) is 6.64. The predicted molar refractivity (Wildman–Crippen MR) is 82.0 cm³/mol. The molecular formula is C16H24N2O2. The van der Waals surface area contributed by atoms with E-state index in [1.807, 2.05) is 12.1 Å². The first-order chi connectivity index (χ1) is 9.63. The third-order valence-electron chi connectivity index (χ3n) is 3.94. The molecule has 1 heterocycles. The van der Waals surface area contributed by atoms with E-state index in [0.29, 0.717) is 17.9 Å². The molecule has 0 saturated carbocycles. The van der Waals surface area contributed by atoms with Gasteiger partial charge in [-0.05, 0) is 44.2 Å². The molecule has 1 aromatic rings. The normalized spacial score (nSPS) is 19.5. The first kappa shape index (κ1) is 14.7. The van der Waals surface area contributed by atoms with Crippen molar-refractivity contribution in [2.24, 2.45) is 5.92 Å². The lowest BCUT2D eigenvalue weighted by atomic mass is 10.0. The molecule has 0 bridgehead atoms. The van der Waals surface area contributed by atoms with E-state index in [1.165, 1.54) is 19.3 Å². The van der Waals surface area contributed by atoms with E-state index < -0.39 is 0 Å². The van der Waals surface area contributed by atoms with Crippen LogP contribution >= 0.6 is 0 Å². The van der Waals surface area contributed by atoms with Crippen LogP contribution in [0.4, 0.5) is 11.4 Å². The summed E-state index contributed by atoms with van der Waals surface area (Å²) in [6.07, 6.45) is 3.60. The molecule has 1 unspecified atom stereocenters. The molecule has 1 aliphatic heterocycles. The molecule has 2 N–H and O–H groups in total. The Labute approximate surface area is 120 Å². The van der Waals surface area contributed by atoms with Crippen LogP contribution in [0.5, 0.6) is 0 Å². The summed E-state index contributed by atoms with van der Waals surface area (Å²) < 4.78 is 5.06. The van der Waals surface area contributed by atoms with E-state index in [0.717, 1.165) is 24.7 Å². The summed E-state index contributed by atoms with van der Waals surface area (Å²) in [5.41, 5.74) is 8.17. The quantitative estimate of drug-likeness (QED) is 0.681. The number of ether oxygens (including phenoxy) is 1. The summed E-state index contributed by atoms with van der Waals surface area (Å²) in [7, 11) is 0. The number of esters is 1. The van der Waals surface area contributed by atoms with Gasteiger partial charge in [0.1, 0.15) is 0 Å². The molecule has 0 amide bonds. The van der Waals surface area contributed by atoms with Crippen molar-refractivity contribution in [3.63, 3.8) is 0 Å². The minimum atomic E-state index is -0.338. The lowest BCUT2D eigenvalue weighted by Crippen LogP contribution is -2.25. The molecule has 0 aliphatic carbocycles. The summed E-state index contributed by atoms with van der Waals surface area (Å²) in [4.78, 5) is 14.2. The molecule has 0 aromatic heterocycles. The van der Waals surface area contributed by atoms with E-state index in [-0.39, 0.29) is 5.97 Å². The second-order valence-electron chi connectivity index (χ2n) is 5.48. The summed E-state index contributed by atoms with van der Waals surface area (Å²) >= 11 is 0. The molecule has 4 heteroatoms. The molecule has 0 radical (unpaired) electrons. The molecule has 110 valence electrons. The summed E-state index contributed by atoms with van der Waals surface area (Å²) in [6, 6.07) is 5.61. The van der Waals surface area contributed by atoms with Crippen molar-refractivity contribution in [3.05, 3.63) is 23.8 Å². The molecule has 2 rings (SSSR count). The van der Waals surface area contributed by atoms with Crippen LogP contribution in [0.3, 0.4) is 0 Å². The molecule has 1 aliphatic rings. The number of benzene rings is 1. The van der Waals surface area contributed by atoms with E-state index >= 15 is 0 Å². The molecule has 1 atom stereocenters. The van der Waals surface area contributed by atoms with Crippen LogP contribution in [0.25, 0.3) is 0 Å². The van der Waals surface area contributed by atoms with Gasteiger partial charge >= 0.3 is 5.97 Å². The van der Waals surface area contributed by atoms with Gasteiger partial charge in [-0.1, -0.05) is 13.0 Å². The number of para-hydroxylation sites is 1. The maximum atomic E-state index is 11.9. The van der Waals surface area contributed by atoms with Gasteiger partial charge in [0, 0.05) is 13.1 Å².